The molecule has 70 valence electrons. The number of carbonyl (C=O) groups is 1. The quantitative estimate of drug-likeness (QED) is 0.879. The number of nitrogens with one attached hydrogen (secondary N) is 1. The molecule has 0 aliphatic rings. The highest BCUT2D eigenvalue weighted by Crippen LogP contribution is 2.20. The number of para-hydroxylation sites is 1. The molecule has 0 heterocycles. The van der Waals surface area contributed by atoms with Crippen LogP contribution >= 0.6 is 15.9 Å². The van der Waals surface area contributed by atoms with E-state index in [1.165, 1.54) is 0 Å². The summed E-state index contributed by atoms with van der Waals surface area (Å²) in [4.78, 5) is 10.7. The molecule has 13 heavy (non-hydrogen) atoms. The van der Waals surface area contributed by atoms with E-state index in [-0.39, 0.29) is 5.78 Å². The first-order chi connectivity index (χ1) is 6.20. The van der Waals surface area contributed by atoms with Crippen LogP contribution in [0.3, 0.4) is 0 Å². The summed E-state index contributed by atoms with van der Waals surface area (Å²) in [5, 5.41) is 3.18. The fourth-order valence-corrected chi connectivity index (χ4v) is 1.40. The molecule has 0 aliphatic carbocycles. The molecule has 1 rings (SSSR count). The highest BCUT2D eigenvalue weighted by atomic mass is 79.9. The average molecular weight is 242 g/mol. The van der Waals surface area contributed by atoms with Gasteiger partial charge in [-0.25, -0.2) is 0 Å². The predicted octanol–water partition coefficient (Wildman–Crippen LogP) is 2.84. The second-order valence-corrected chi connectivity index (χ2v) is 3.71. The summed E-state index contributed by atoms with van der Waals surface area (Å²) >= 11 is 3.42. The van der Waals surface area contributed by atoms with E-state index >= 15 is 0 Å². The summed E-state index contributed by atoms with van der Waals surface area (Å²) in [6, 6.07) is 7.86. The standard InChI is InChI=1S/C10H12BrNO/c1-8(13)6-7-12-10-5-3-2-4-9(10)11/h2-5,12H,6-7H2,1H3. The van der Waals surface area contributed by atoms with E-state index in [2.05, 4.69) is 21.2 Å². The van der Waals surface area contributed by atoms with Gasteiger partial charge in [0.05, 0.1) is 0 Å². The van der Waals surface area contributed by atoms with Gasteiger partial charge in [0, 0.05) is 23.1 Å². The Balaban J connectivity index is 2.45. The largest absolute Gasteiger partial charge is 0.384 e. The maximum atomic E-state index is 10.7. The van der Waals surface area contributed by atoms with Gasteiger partial charge in [0.15, 0.2) is 0 Å². The molecule has 0 aromatic heterocycles. The van der Waals surface area contributed by atoms with Gasteiger partial charge in [0.1, 0.15) is 5.78 Å². The average Bonchev–Trinajstić information content (AvgIpc) is 2.08. The molecule has 0 fully saturated rings. The van der Waals surface area contributed by atoms with Crippen molar-refractivity contribution < 1.29 is 4.79 Å². The summed E-state index contributed by atoms with van der Waals surface area (Å²) in [7, 11) is 0. The van der Waals surface area contributed by atoms with Gasteiger partial charge in [-0.15, -0.1) is 0 Å². The normalized spacial score (nSPS) is 9.69. The van der Waals surface area contributed by atoms with Crippen LogP contribution in [0.2, 0.25) is 0 Å². The van der Waals surface area contributed by atoms with Crippen LogP contribution in [0.15, 0.2) is 28.7 Å². The summed E-state index contributed by atoms with van der Waals surface area (Å²) in [6.07, 6.45) is 0.571. The summed E-state index contributed by atoms with van der Waals surface area (Å²) in [5.74, 6) is 0.208. The number of rotatable bonds is 4. The Morgan fingerprint density at radius 3 is 2.77 bits per heavy atom. The van der Waals surface area contributed by atoms with E-state index < -0.39 is 0 Å². The molecular weight excluding hydrogens is 230 g/mol. The molecule has 0 radical (unpaired) electrons. The smallest absolute Gasteiger partial charge is 0.131 e. The van der Waals surface area contributed by atoms with Crippen molar-refractivity contribution in [2.24, 2.45) is 0 Å². The number of ketones is 1. The molecule has 0 bridgehead atoms. The van der Waals surface area contributed by atoms with Gasteiger partial charge in [-0.3, -0.25) is 4.79 Å². The molecule has 0 unspecified atom stereocenters. The number of carbonyl (C=O) groups excluding carboxylic acids is 1. The lowest BCUT2D eigenvalue weighted by molar-refractivity contribution is -0.116. The van der Waals surface area contributed by atoms with E-state index in [0.717, 1.165) is 10.2 Å². The predicted molar refractivity (Wildman–Crippen MR) is 57.9 cm³/mol. The molecule has 0 saturated heterocycles. The van der Waals surface area contributed by atoms with Gasteiger partial charge in [-0.1, -0.05) is 12.1 Å². The Labute approximate surface area is 86.5 Å². The zero-order chi connectivity index (χ0) is 9.68. The minimum absolute atomic E-state index is 0.208. The monoisotopic (exact) mass is 241 g/mol. The van der Waals surface area contributed by atoms with Crippen molar-refractivity contribution in [2.45, 2.75) is 13.3 Å². The van der Waals surface area contributed by atoms with Crippen LogP contribution < -0.4 is 5.32 Å². The minimum atomic E-state index is 0.208. The third kappa shape index (κ3) is 3.59. The lowest BCUT2D eigenvalue weighted by Gasteiger charge is -2.06. The Hall–Kier alpha value is -0.830. The first kappa shape index (κ1) is 10.3. The fraction of sp³-hybridized carbons (Fsp3) is 0.300. The zero-order valence-electron chi connectivity index (χ0n) is 7.51. The van der Waals surface area contributed by atoms with Crippen LogP contribution in [0.1, 0.15) is 13.3 Å². The molecule has 2 nitrogen and oxygen atoms in total. The molecule has 0 aliphatic heterocycles. The van der Waals surface area contributed by atoms with Gasteiger partial charge in [-0.2, -0.15) is 0 Å². The molecule has 1 N–H and O–H groups in total. The molecule has 3 heteroatoms. The Morgan fingerprint density at radius 1 is 1.46 bits per heavy atom. The molecule has 0 atom stereocenters. The topological polar surface area (TPSA) is 29.1 Å². The van der Waals surface area contributed by atoms with Crippen molar-refractivity contribution in [1.82, 2.24) is 0 Å². The maximum Gasteiger partial charge on any atom is 0.131 e. The van der Waals surface area contributed by atoms with Crippen LogP contribution in [-0.2, 0) is 4.79 Å². The number of benzene rings is 1. The third-order valence-electron chi connectivity index (χ3n) is 1.67. The van der Waals surface area contributed by atoms with E-state index in [1.807, 2.05) is 24.3 Å². The van der Waals surface area contributed by atoms with Gasteiger partial charge in [0.25, 0.3) is 0 Å². The van der Waals surface area contributed by atoms with E-state index in [4.69, 9.17) is 0 Å². The lowest BCUT2D eigenvalue weighted by Crippen LogP contribution is -2.05. The Morgan fingerprint density at radius 2 is 2.15 bits per heavy atom. The van der Waals surface area contributed by atoms with Crippen LogP contribution in [0.25, 0.3) is 0 Å². The van der Waals surface area contributed by atoms with Crippen LogP contribution in [-0.4, -0.2) is 12.3 Å². The van der Waals surface area contributed by atoms with Crippen molar-refractivity contribution in [3.8, 4) is 0 Å². The molecule has 0 saturated carbocycles. The van der Waals surface area contributed by atoms with E-state index in [9.17, 15) is 4.79 Å². The summed E-state index contributed by atoms with van der Waals surface area (Å²) in [6.45, 7) is 2.29. The van der Waals surface area contributed by atoms with E-state index in [0.29, 0.717) is 13.0 Å². The highest BCUT2D eigenvalue weighted by Gasteiger charge is 1.97. The SMILES string of the molecule is CC(=O)CCNc1ccccc1Br. The van der Waals surface area contributed by atoms with E-state index in [1.54, 1.807) is 6.92 Å². The molecule has 1 aromatic carbocycles. The maximum absolute atomic E-state index is 10.7. The minimum Gasteiger partial charge on any atom is -0.384 e. The second kappa shape index (κ2) is 5.02. The van der Waals surface area contributed by atoms with Gasteiger partial charge < -0.3 is 5.32 Å². The number of hydrogen-bond donors (Lipinski definition) is 1. The molecule has 0 amide bonds. The second-order valence-electron chi connectivity index (χ2n) is 2.86. The Bertz CT molecular complexity index is 299. The third-order valence-corrected chi connectivity index (χ3v) is 2.36. The number of anilines is 1. The van der Waals surface area contributed by atoms with Gasteiger partial charge in [0.2, 0.25) is 0 Å². The molecule has 0 spiro atoms. The Kier molecular flexibility index (Phi) is 3.96. The van der Waals surface area contributed by atoms with Crippen LogP contribution in [0, 0.1) is 0 Å². The van der Waals surface area contributed by atoms with Crippen LogP contribution in [0.5, 0.6) is 0 Å². The zero-order valence-corrected chi connectivity index (χ0v) is 9.10. The van der Waals surface area contributed by atoms with Crippen molar-refractivity contribution in [2.75, 3.05) is 11.9 Å². The van der Waals surface area contributed by atoms with Gasteiger partial charge in [-0.05, 0) is 35.0 Å². The van der Waals surface area contributed by atoms with Gasteiger partial charge >= 0.3 is 0 Å². The van der Waals surface area contributed by atoms with Crippen molar-refractivity contribution in [3.63, 3.8) is 0 Å². The first-order valence-electron chi connectivity index (χ1n) is 4.18. The first-order valence-corrected chi connectivity index (χ1v) is 4.97. The highest BCUT2D eigenvalue weighted by molar-refractivity contribution is 9.10. The van der Waals surface area contributed by atoms with Crippen LogP contribution in [0.4, 0.5) is 5.69 Å². The number of halogens is 1. The molecular formula is C10H12BrNO. The number of Topliss-reactive ketones (excluding diaryl/α,β-unsaturated/α-hetero) is 1. The van der Waals surface area contributed by atoms with Crippen molar-refractivity contribution in [1.29, 1.82) is 0 Å². The number of hydrogen-bond acceptors (Lipinski definition) is 2. The molecule has 1 aromatic rings. The van der Waals surface area contributed by atoms with Crippen molar-refractivity contribution in [3.05, 3.63) is 28.7 Å². The summed E-state index contributed by atoms with van der Waals surface area (Å²) < 4.78 is 1.03. The summed E-state index contributed by atoms with van der Waals surface area (Å²) in [5.41, 5.74) is 1.03. The van der Waals surface area contributed by atoms with Crippen molar-refractivity contribution >= 4 is 27.4 Å². The lowest BCUT2D eigenvalue weighted by atomic mass is 10.3. The fourth-order valence-electron chi connectivity index (χ4n) is 0.978.